The van der Waals surface area contributed by atoms with Crippen LogP contribution < -0.4 is 10.0 Å². The van der Waals surface area contributed by atoms with E-state index in [-0.39, 0.29) is 22.1 Å². The Labute approximate surface area is 196 Å². The van der Waals surface area contributed by atoms with Crippen LogP contribution in [0.15, 0.2) is 77.8 Å². The van der Waals surface area contributed by atoms with Crippen molar-refractivity contribution in [2.24, 2.45) is 0 Å². The molecular formula is C24H23N3O6S. The number of aryl methyl sites for hydroxylation is 1. The lowest BCUT2D eigenvalue weighted by Crippen LogP contribution is -2.30. The van der Waals surface area contributed by atoms with Gasteiger partial charge in [0.15, 0.2) is 0 Å². The maximum Gasteiger partial charge on any atom is 0.354 e. The molecule has 0 fully saturated rings. The van der Waals surface area contributed by atoms with E-state index in [1.54, 1.807) is 12.1 Å². The Morgan fingerprint density at radius 3 is 2.15 bits per heavy atom. The summed E-state index contributed by atoms with van der Waals surface area (Å²) in [5.74, 6) is -2.24. The smallest absolute Gasteiger partial charge is 0.354 e. The van der Waals surface area contributed by atoms with Crippen LogP contribution in [0.5, 0.6) is 0 Å². The highest BCUT2D eigenvalue weighted by atomic mass is 32.2. The number of aromatic nitrogens is 1. The molecule has 0 spiro atoms. The number of nitrogens with one attached hydrogen (secondary N) is 2. The van der Waals surface area contributed by atoms with E-state index in [0.29, 0.717) is 25.8 Å². The molecule has 0 radical (unpaired) electrons. The first kappa shape index (κ1) is 24.6. The molecule has 2 aromatic carbocycles. The first-order valence-electron chi connectivity index (χ1n) is 10.4. The van der Waals surface area contributed by atoms with Gasteiger partial charge in [0.1, 0.15) is 5.69 Å². The van der Waals surface area contributed by atoms with Crippen LogP contribution in [0.3, 0.4) is 0 Å². The fourth-order valence-electron chi connectivity index (χ4n) is 3.07. The zero-order valence-electron chi connectivity index (χ0n) is 18.1. The molecule has 0 saturated carbocycles. The van der Waals surface area contributed by atoms with Gasteiger partial charge in [-0.15, -0.1) is 0 Å². The summed E-state index contributed by atoms with van der Waals surface area (Å²) in [5, 5.41) is 11.7. The average Bonchev–Trinajstić information content (AvgIpc) is 2.83. The first-order valence-corrected chi connectivity index (χ1v) is 11.9. The molecule has 0 bridgehead atoms. The summed E-state index contributed by atoms with van der Waals surface area (Å²) in [6.45, 7) is 0.412. The zero-order chi connectivity index (χ0) is 24.6. The summed E-state index contributed by atoms with van der Waals surface area (Å²) in [7, 11) is -4.13. The van der Waals surface area contributed by atoms with Gasteiger partial charge in [-0.05, 0) is 48.2 Å². The van der Waals surface area contributed by atoms with Gasteiger partial charge in [-0.2, -0.15) is 0 Å². The van der Waals surface area contributed by atoms with Gasteiger partial charge < -0.3 is 10.4 Å². The normalized spacial score (nSPS) is 10.9. The molecule has 10 heteroatoms. The summed E-state index contributed by atoms with van der Waals surface area (Å²) < 4.78 is 26.9. The van der Waals surface area contributed by atoms with E-state index in [9.17, 15) is 22.8 Å². The van der Waals surface area contributed by atoms with Crippen LogP contribution in [0.4, 0.5) is 0 Å². The maximum absolute atomic E-state index is 12.5. The fourth-order valence-corrected chi connectivity index (χ4v) is 4.04. The molecule has 3 N–H and O–H groups in total. The molecule has 3 aromatic rings. The molecule has 0 unspecified atom stereocenters. The second-order valence-corrected chi connectivity index (χ2v) is 9.08. The van der Waals surface area contributed by atoms with Crippen LogP contribution in [0.2, 0.25) is 0 Å². The molecule has 0 aliphatic carbocycles. The SMILES string of the molecule is O=C(CCc1ccccc1)NCCc1ccc(S(=O)(=O)NC(=O)c2ccc(C(=O)O)nc2)cc1. The van der Waals surface area contributed by atoms with Crippen molar-refractivity contribution >= 4 is 27.8 Å². The molecule has 2 amide bonds. The zero-order valence-corrected chi connectivity index (χ0v) is 18.9. The standard InChI is InChI=1S/C24H23N3O6S/c28-22(13-8-17-4-2-1-3-5-17)25-15-14-18-6-10-20(11-7-18)34(32,33)27-23(29)19-9-12-21(24(30)31)26-16-19/h1-7,9-12,16H,8,13-15H2,(H,25,28)(H,27,29)(H,30,31). The number of carboxylic acids is 1. The monoisotopic (exact) mass is 481 g/mol. The highest BCUT2D eigenvalue weighted by molar-refractivity contribution is 7.90. The van der Waals surface area contributed by atoms with Crippen LogP contribution in [0.25, 0.3) is 0 Å². The lowest BCUT2D eigenvalue weighted by atomic mass is 10.1. The molecule has 3 rings (SSSR count). The summed E-state index contributed by atoms with van der Waals surface area (Å²) >= 11 is 0. The highest BCUT2D eigenvalue weighted by Gasteiger charge is 2.19. The second kappa shape index (κ2) is 11.2. The minimum absolute atomic E-state index is 0.0587. The Hall–Kier alpha value is -4.05. The van der Waals surface area contributed by atoms with E-state index in [1.807, 2.05) is 35.1 Å². The van der Waals surface area contributed by atoms with Crippen LogP contribution in [0, 0.1) is 0 Å². The third kappa shape index (κ3) is 6.97. The molecule has 9 nitrogen and oxygen atoms in total. The number of aromatic carboxylic acids is 1. The van der Waals surface area contributed by atoms with Gasteiger partial charge in [0.2, 0.25) is 5.91 Å². The minimum Gasteiger partial charge on any atom is -0.477 e. The summed E-state index contributed by atoms with van der Waals surface area (Å²) in [5.41, 5.74) is 1.56. The molecule has 0 aliphatic heterocycles. The van der Waals surface area contributed by atoms with Gasteiger partial charge in [0, 0.05) is 19.2 Å². The van der Waals surface area contributed by atoms with Gasteiger partial charge in [0.05, 0.1) is 10.5 Å². The van der Waals surface area contributed by atoms with Crippen LogP contribution in [0.1, 0.15) is 38.4 Å². The Kier molecular flexibility index (Phi) is 8.10. The number of carbonyl (C=O) groups is 3. The van der Waals surface area contributed by atoms with Gasteiger partial charge in [0.25, 0.3) is 15.9 Å². The molecule has 1 aromatic heterocycles. The van der Waals surface area contributed by atoms with Crippen LogP contribution in [-0.2, 0) is 27.7 Å². The van der Waals surface area contributed by atoms with Crippen molar-refractivity contribution < 1.29 is 27.9 Å². The van der Waals surface area contributed by atoms with Crippen molar-refractivity contribution in [1.29, 1.82) is 0 Å². The number of benzene rings is 2. The Bertz CT molecular complexity index is 1260. The topological polar surface area (TPSA) is 143 Å². The molecular weight excluding hydrogens is 458 g/mol. The van der Waals surface area contributed by atoms with Crippen LogP contribution >= 0.6 is 0 Å². The minimum atomic E-state index is -4.13. The Morgan fingerprint density at radius 1 is 0.853 bits per heavy atom. The van der Waals surface area contributed by atoms with Crippen molar-refractivity contribution in [2.75, 3.05) is 6.54 Å². The third-order valence-corrected chi connectivity index (χ3v) is 6.27. The average molecular weight is 482 g/mol. The van der Waals surface area contributed by atoms with Crippen molar-refractivity contribution in [3.05, 3.63) is 95.3 Å². The first-order chi connectivity index (χ1) is 16.2. The van der Waals surface area contributed by atoms with Gasteiger partial charge >= 0.3 is 5.97 Å². The second-order valence-electron chi connectivity index (χ2n) is 7.40. The van der Waals surface area contributed by atoms with Crippen molar-refractivity contribution in [3.63, 3.8) is 0 Å². The maximum atomic E-state index is 12.5. The van der Waals surface area contributed by atoms with Crippen LogP contribution in [-0.4, -0.2) is 42.8 Å². The predicted molar refractivity (Wildman–Crippen MR) is 124 cm³/mol. The number of rotatable bonds is 10. The van der Waals surface area contributed by atoms with Gasteiger partial charge in [-0.3, -0.25) is 9.59 Å². The largest absolute Gasteiger partial charge is 0.477 e. The number of sulfonamides is 1. The molecule has 34 heavy (non-hydrogen) atoms. The van der Waals surface area contributed by atoms with Crippen molar-refractivity contribution in [3.8, 4) is 0 Å². The number of hydrogen-bond donors (Lipinski definition) is 3. The predicted octanol–water partition coefficient (Wildman–Crippen LogP) is 2.19. The number of carbonyl (C=O) groups excluding carboxylic acids is 2. The van der Waals surface area contributed by atoms with E-state index in [4.69, 9.17) is 5.11 Å². The molecule has 0 atom stereocenters. The quantitative estimate of drug-likeness (QED) is 0.403. The lowest BCUT2D eigenvalue weighted by Gasteiger charge is -2.09. The Morgan fingerprint density at radius 2 is 1.53 bits per heavy atom. The number of carboxylic acid groups (broad SMARTS) is 1. The molecule has 0 saturated heterocycles. The van der Waals surface area contributed by atoms with E-state index >= 15 is 0 Å². The highest BCUT2D eigenvalue weighted by Crippen LogP contribution is 2.12. The summed E-state index contributed by atoms with van der Waals surface area (Å²) in [6, 6.07) is 18.0. The molecule has 176 valence electrons. The van der Waals surface area contributed by atoms with Crippen molar-refractivity contribution in [2.45, 2.75) is 24.2 Å². The number of amides is 2. The third-order valence-electron chi connectivity index (χ3n) is 4.92. The van der Waals surface area contributed by atoms with E-state index in [1.165, 1.54) is 18.2 Å². The lowest BCUT2D eigenvalue weighted by molar-refractivity contribution is -0.121. The van der Waals surface area contributed by atoms with Crippen molar-refractivity contribution in [1.82, 2.24) is 15.0 Å². The molecule has 0 aliphatic rings. The van der Waals surface area contributed by atoms with Gasteiger partial charge in [-0.1, -0.05) is 42.5 Å². The number of hydrogen-bond acceptors (Lipinski definition) is 6. The number of pyridine rings is 1. The summed E-state index contributed by atoms with van der Waals surface area (Å²) in [6.07, 6.45) is 2.55. The fraction of sp³-hybridized carbons (Fsp3) is 0.167. The molecule has 1 heterocycles. The van der Waals surface area contributed by atoms with E-state index in [0.717, 1.165) is 23.4 Å². The van der Waals surface area contributed by atoms with Gasteiger partial charge in [-0.25, -0.2) is 22.9 Å². The number of nitrogens with zero attached hydrogens (tertiary/aromatic N) is 1. The summed E-state index contributed by atoms with van der Waals surface area (Å²) in [4.78, 5) is 38.5. The Balaban J connectivity index is 1.49. The van der Waals surface area contributed by atoms with E-state index in [2.05, 4.69) is 10.3 Å². The van der Waals surface area contributed by atoms with E-state index < -0.39 is 21.9 Å².